The molecule has 2 aromatic rings. The van der Waals surface area contributed by atoms with Gasteiger partial charge >= 0.3 is 6.18 Å². The number of halogens is 4. The Hall–Kier alpha value is -1.61. The summed E-state index contributed by atoms with van der Waals surface area (Å²) in [7, 11) is 2.24. The molecule has 28 heavy (non-hydrogen) atoms. The molecule has 0 atom stereocenters. The summed E-state index contributed by atoms with van der Waals surface area (Å²) in [5.41, 5.74) is 0.872. The maximum atomic E-state index is 12.8. The van der Waals surface area contributed by atoms with Crippen molar-refractivity contribution in [2.24, 2.45) is 0 Å². The Balaban J connectivity index is 0.00000280. The Labute approximate surface area is 180 Å². The fraction of sp³-hybridized carbons (Fsp3) is 0.381. The highest BCUT2D eigenvalue weighted by Gasteiger charge is 2.31. The van der Waals surface area contributed by atoms with Crippen molar-refractivity contribution < 1.29 is 46.4 Å². The molecule has 1 fully saturated rings. The lowest BCUT2D eigenvalue weighted by molar-refractivity contribution is -0.926. The number of alkyl halides is 3. The molecule has 0 radical (unpaired) electrons. The second-order valence-corrected chi connectivity index (χ2v) is 7.52. The third-order valence-corrected chi connectivity index (χ3v) is 5.10. The van der Waals surface area contributed by atoms with Gasteiger partial charge in [0.25, 0.3) is 5.91 Å². The van der Waals surface area contributed by atoms with Crippen LogP contribution in [0.15, 0.2) is 48.5 Å². The van der Waals surface area contributed by atoms with Crippen LogP contribution in [0.1, 0.15) is 40.7 Å². The van der Waals surface area contributed by atoms with Gasteiger partial charge in [-0.1, -0.05) is 18.2 Å². The van der Waals surface area contributed by atoms with E-state index in [9.17, 15) is 18.0 Å². The number of quaternary nitrogens is 1. The van der Waals surface area contributed by atoms with E-state index in [1.165, 1.54) is 31.4 Å². The standard InChI is InChI=1S/C21H23F3N2O.HI/c1-26(11-3-2-4-12-26)15-16-7-5-10-19(13-16)25-20(27)17-8-6-9-18(14-17)21(22,23)24;/h5-10,13-14H,2-4,11-12,15H2,1H3;1H. The molecule has 1 N–H and O–H groups in total. The summed E-state index contributed by atoms with van der Waals surface area (Å²) in [5.74, 6) is -0.545. The first kappa shape index (κ1) is 22.7. The highest BCUT2D eigenvalue weighted by molar-refractivity contribution is 6.04. The van der Waals surface area contributed by atoms with Crippen molar-refractivity contribution in [1.82, 2.24) is 0 Å². The van der Waals surface area contributed by atoms with Crippen LogP contribution in [-0.2, 0) is 12.7 Å². The summed E-state index contributed by atoms with van der Waals surface area (Å²) in [4.78, 5) is 12.4. The summed E-state index contributed by atoms with van der Waals surface area (Å²) in [6.07, 6.45) is -0.741. The van der Waals surface area contributed by atoms with E-state index in [2.05, 4.69) is 12.4 Å². The van der Waals surface area contributed by atoms with Gasteiger partial charge in [0, 0.05) is 16.8 Å². The lowest BCUT2D eigenvalue weighted by atomic mass is 10.1. The molecule has 0 aliphatic carbocycles. The molecule has 1 aliphatic rings. The van der Waals surface area contributed by atoms with Gasteiger partial charge in [-0.3, -0.25) is 4.79 Å². The van der Waals surface area contributed by atoms with Crippen molar-refractivity contribution in [1.29, 1.82) is 0 Å². The third-order valence-electron chi connectivity index (χ3n) is 5.10. The molecule has 1 saturated heterocycles. The quantitative estimate of drug-likeness (QED) is 0.502. The average Bonchev–Trinajstić information content (AvgIpc) is 2.61. The molecule has 3 rings (SSSR count). The number of hydrogen-bond donors (Lipinski definition) is 1. The molecule has 3 nitrogen and oxygen atoms in total. The van der Waals surface area contributed by atoms with Crippen LogP contribution in [0.4, 0.5) is 18.9 Å². The van der Waals surface area contributed by atoms with Crippen molar-refractivity contribution in [3.8, 4) is 0 Å². The minimum Gasteiger partial charge on any atom is -1.00 e. The molecule has 0 unspecified atom stereocenters. The molecule has 1 aliphatic heterocycles. The molecule has 0 aromatic heterocycles. The van der Waals surface area contributed by atoms with E-state index in [1.807, 2.05) is 18.2 Å². The first-order valence-corrected chi connectivity index (χ1v) is 9.16. The Morgan fingerprint density at radius 3 is 2.39 bits per heavy atom. The van der Waals surface area contributed by atoms with Crippen molar-refractivity contribution in [3.63, 3.8) is 0 Å². The number of likely N-dealkylation sites (tertiary alicyclic amines) is 1. The predicted octanol–water partition coefficient (Wildman–Crippen LogP) is 2.09. The van der Waals surface area contributed by atoms with Crippen molar-refractivity contribution >= 4 is 11.6 Å². The number of nitrogens with zero attached hydrogens (tertiary/aromatic N) is 1. The maximum absolute atomic E-state index is 12.8. The molecule has 0 saturated carbocycles. The fourth-order valence-electron chi connectivity index (χ4n) is 3.66. The average molecular weight is 504 g/mol. The van der Waals surface area contributed by atoms with Crippen LogP contribution in [0, 0.1) is 0 Å². The largest absolute Gasteiger partial charge is 1.00 e. The maximum Gasteiger partial charge on any atom is 0.416 e. The van der Waals surface area contributed by atoms with E-state index in [1.54, 1.807) is 6.07 Å². The summed E-state index contributed by atoms with van der Waals surface area (Å²) < 4.78 is 39.5. The number of benzene rings is 2. The van der Waals surface area contributed by atoms with Crippen LogP contribution in [0.5, 0.6) is 0 Å². The predicted molar refractivity (Wildman–Crippen MR) is 99.3 cm³/mol. The minimum absolute atomic E-state index is 0. The van der Waals surface area contributed by atoms with Gasteiger partial charge in [0.05, 0.1) is 25.7 Å². The third kappa shape index (κ3) is 5.94. The van der Waals surface area contributed by atoms with E-state index in [4.69, 9.17) is 0 Å². The number of anilines is 1. The highest BCUT2D eigenvalue weighted by Crippen LogP contribution is 2.29. The zero-order chi connectivity index (χ0) is 19.5. The second-order valence-electron chi connectivity index (χ2n) is 7.52. The van der Waals surface area contributed by atoms with Crippen molar-refractivity contribution in [2.75, 3.05) is 25.5 Å². The SMILES string of the molecule is C[N+]1(Cc2cccc(NC(=O)c3cccc(C(F)(F)F)c3)c2)CCCCC1.[I-]. The Morgan fingerprint density at radius 1 is 1.04 bits per heavy atom. The van der Waals surface area contributed by atoms with Gasteiger partial charge in [-0.2, -0.15) is 13.2 Å². The van der Waals surface area contributed by atoms with Crippen LogP contribution in [0.2, 0.25) is 0 Å². The Morgan fingerprint density at radius 2 is 1.71 bits per heavy atom. The molecule has 0 spiro atoms. The molecule has 152 valence electrons. The van der Waals surface area contributed by atoms with Gasteiger partial charge < -0.3 is 33.8 Å². The molecule has 1 heterocycles. The zero-order valence-electron chi connectivity index (χ0n) is 15.7. The fourth-order valence-corrected chi connectivity index (χ4v) is 3.66. The molecular formula is C21H24F3IN2O. The van der Waals surface area contributed by atoms with Crippen LogP contribution < -0.4 is 29.3 Å². The number of carbonyl (C=O) groups excluding carboxylic acids is 1. The normalized spacial score (nSPS) is 16.1. The number of piperidine rings is 1. The summed E-state index contributed by atoms with van der Waals surface area (Å²) in [6, 6.07) is 12.0. The van der Waals surface area contributed by atoms with Gasteiger partial charge in [-0.25, -0.2) is 0 Å². The number of nitrogens with one attached hydrogen (secondary N) is 1. The Bertz CT molecular complexity index is 817. The first-order chi connectivity index (χ1) is 12.8. The monoisotopic (exact) mass is 504 g/mol. The molecule has 2 aromatic carbocycles. The molecular weight excluding hydrogens is 480 g/mol. The molecule has 1 amide bonds. The Kier molecular flexibility index (Phi) is 7.50. The number of rotatable bonds is 4. The minimum atomic E-state index is -4.47. The van der Waals surface area contributed by atoms with Crippen LogP contribution in [-0.4, -0.2) is 30.5 Å². The van der Waals surface area contributed by atoms with Crippen LogP contribution in [0.25, 0.3) is 0 Å². The van der Waals surface area contributed by atoms with Gasteiger partial charge in [0.1, 0.15) is 6.54 Å². The van der Waals surface area contributed by atoms with Crippen molar-refractivity contribution in [3.05, 3.63) is 65.2 Å². The molecule has 7 heteroatoms. The van der Waals surface area contributed by atoms with Gasteiger partial charge in [-0.05, 0) is 49.6 Å². The van der Waals surface area contributed by atoms with E-state index in [-0.39, 0.29) is 29.5 Å². The molecule has 0 bridgehead atoms. The van der Waals surface area contributed by atoms with Gasteiger partial charge in [-0.15, -0.1) is 0 Å². The number of carbonyl (C=O) groups is 1. The lowest BCUT2D eigenvalue weighted by Crippen LogP contribution is -3.00. The smallest absolute Gasteiger partial charge is 0.416 e. The summed E-state index contributed by atoms with van der Waals surface area (Å²) in [5, 5.41) is 2.71. The van der Waals surface area contributed by atoms with Gasteiger partial charge in [0.2, 0.25) is 0 Å². The van der Waals surface area contributed by atoms with E-state index < -0.39 is 17.6 Å². The summed E-state index contributed by atoms with van der Waals surface area (Å²) in [6.45, 7) is 3.16. The summed E-state index contributed by atoms with van der Waals surface area (Å²) >= 11 is 0. The van der Waals surface area contributed by atoms with Crippen LogP contribution >= 0.6 is 0 Å². The van der Waals surface area contributed by atoms with Gasteiger partial charge in [0.15, 0.2) is 0 Å². The lowest BCUT2D eigenvalue weighted by Gasteiger charge is -2.38. The van der Waals surface area contributed by atoms with Crippen molar-refractivity contribution in [2.45, 2.75) is 32.0 Å². The van der Waals surface area contributed by atoms with E-state index in [0.717, 1.165) is 41.8 Å². The van der Waals surface area contributed by atoms with E-state index >= 15 is 0 Å². The van der Waals surface area contributed by atoms with E-state index in [0.29, 0.717) is 5.69 Å². The van der Waals surface area contributed by atoms with Crippen LogP contribution in [0.3, 0.4) is 0 Å². The first-order valence-electron chi connectivity index (χ1n) is 9.16. The number of amides is 1. The number of hydrogen-bond acceptors (Lipinski definition) is 1. The topological polar surface area (TPSA) is 29.1 Å². The second kappa shape index (κ2) is 9.26. The highest BCUT2D eigenvalue weighted by atomic mass is 127. The zero-order valence-corrected chi connectivity index (χ0v) is 17.9.